The highest BCUT2D eigenvalue weighted by Crippen LogP contribution is 2.28. The van der Waals surface area contributed by atoms with E-state index in [-0.39, 0.29) is 6.04 Å². The van der Waals surface area contributed by atoms with Crippen molar-refractivity contribution in [2.24, 2.45) is 0 Å². The molecule has 2 nitrogen and oxygen atoms in total. The summed E-state index contributed by atoms with van der Waals surface area (Å²) in [6, 6.07) is 2.45. The number of hydrogen-bond donors (Lipinski definition) is 0. The van der Waals surface area contributed by atoms with Crippen LogP contribution in [0.2, 0.25) is 0 Å². The van der Waals surface area contributed by atoms with E-state index in [1.165, 1.54) is 5.70 Å². The topological polar surface area (TPSA) is 27.0 Å². The van der Waals surface area contributed by atoms with Crippen LogP contribution in [0.25, 0.3) is 0 Å². The minimum absolute atomic E-state index is 0.131. The van der Waals surface area contributed by atoms with Gasteiger partial charge in [0, 0.05) is 12.2 Å². The average Bonchev–Trinajstić information content (AvgIpc) is 2.47. The van der Waals surface area contributed by atoms with E-state index >= 15 is 0 Å². The van der Waals surface area contributed by atoms with Gasteiger partial charge < -0.3 is 4.90 Å². The summed E-state index contributed by atoms with van der Waals surface area (Å²) in [4.78, 5) is 2.18. The molecule has 0 spiro atoms. The van der Waals surface area contributed by atoms with Gasteiger partial charge in [0.25, 0.3) is 0 Å². The zero-order valence-corrected chi connectivity index (χ0v) is 6.33. The summed E-state index contributed by atoms with van der Waals surface area (Å²) in [5.41, 5.74) is 1.33. The molecule has 0 amide bonds. The lowest BCUT2D eigenvalue weighted by molar-refractivity contribution is 0.373. The van der Waals surface area contributed by atoms with Crippen LogP contribution in [0.5, 0.6) is 0 Å². The lowest BCUT2D eigenvalue weighted by atomic mass is 10.2. The largest absolute Gasteiger partial charge is 0.355 e. The minimum atomic E-state index is 0.131. The van der Waals surface area contributed by atoms with Crippen molar-refractivity contribution in [2.75, 3.05) is 6.54 Å². The minimum Gasteiger partial charge on any atom is -0.355 e. The molecular weight excluding hydrogens is 136 g/mol. The number of allylic oxidation sites excluding steroid dienone is 3. The maximum atomic E-state index is 8.76. The number of nitrogens with zero attached hydrogens (tertiary/aromatic N) is 2. The van der Waals surface area contributed by atoms with E-state index in [9.17, 15) is 0 Å². The normalized spacial score (nSPS) is 27.7. The van der Waals surface area contributed by atoms with Crippen molar-refractivity contribution in [3.05, 3.63) is 23.9 Å². The van der Waals surface area contributed by atoms with Gasteiger partial charge in [-0.3, -0.25) is 0 Å². The molecule has 2 rings (SSSR count). The first-order valence-corrected chi connectivity index (χ1v) is 3.94. The maximum absolute atomic E-state index is 8.76. The number of fused-ring (bicyclic) bond motifs is 1. The molecule has 2 aliphatic heterocycles. The van der Waals surface area contributed by atoms with Gasteiger partial charge in [-0.1, -0.05) is 12.2 Å². The van der Waals surface area contributed by atoms with Gasteiger partial charge in [0.2, 0.25) is 0 Å². The van der Waals surface area contributed by atoms with E-state index in [0.717, 1.165) is 19.4 Å². The van der Waals surface area contributed by atoms with Crippen LogP contribution in [-0.4, -0.2) is 17.5 Å². The Kier molecular flexibility index (Phi) is 1.43. The third-order valence-electron chi connectivity index (χ3n) is 2.29. The van der Waals surface area contributed by atoms with Gasteiger partial charge in [0.05, 0.1) is 6.07 Å². The van der Waals surface area contributed by atoms with Gasteiger partial charge in [-0.15, -0.1) is 0 Å². The Bertz CT molecular complexity index is 257. The van der Waals surface area contributed by atoms with Gasteiger partial charge in [0.15, 0.2) is 0 Å². The highest BCUT2D eigenvalue weighted by molar-refractivity contribution is 5.24. The van der Waals surface area contributed by atoms with Crippen molar-refractivity contribution in [1.29, 1.82) is 5.26 Å². The zero-order chi connectivity index (χ0) is 7.68. The highest BCUT2D eigenvalue weighted by atomic mass is 15.2. The third-order valence-corrected chi connectivity index (χ3v) is 2.29. The Labute approximate surface area is 66.4 Å². The van der Waals surface area contributed by atoms with Crippen molar-refractivity contribution < 1.29 is 0 Å². The Morgan fingerprint density at radius 1 is 1.64 bits per heavy atom. The fraction of sp³-hybridized carbons (Fsp3) is 0.444. The molecule has 0 N–H and O–H groups in total. The van der Waals surface area contributed by atoms with Gasteiger partial charge in [-0.25, -0.2) is 0 Å². The standard InChI is InChI=1S/C9H10N2/c10-7-9-5-4-8-3-1-2-6-11(8)9/h1-3,9H,4-6H2. The first-order valence-electron chi connectivity index (χ1n) is 3.94. The molecule has 0 aliphatic carbocycles. The molecule has 56 valence electrons. The third kappa shape index (κ3) is 0.932. The van der Waals surface area contributed by atoms with Crippen LogP contribution in [0.3, 0.4) is 0 Å². The van der Waals surface area contributed by atoms with Gasteiger partial charge in [-0.2, -0.15) is 5.26 Å². The summed E-state index contributed by atoms with van der Waals surface area (Å²) in [6.45, 7) is 0.921. The fourth-order valence-corrected chi connectivity index (χ4v) is 1.70. The number of rotatable bonds is 0. The second-order valence-corrected chi connectivity index (χ2v) is 2.92. The fourth-order valence-electron chi connectivity index (χ4n) is 1.70. The monoisotopic (exact) mass is 146 g/mol. The molecule has 2 aliphatic rings. The molecule has 0 saturated carbocycles. The Morgan fingerprint density at radius 3 is 3.36 bits per heavy atom. The van der Waals surface area contributed by atoms with Gasteiger partial charge >= 0.3 is 0 Å². The highest BCUT2D eigenvalue weighted by Gasteiger charge is 2.27. The quantitative estimate of drug-likeness (QED) is 0.517. The van der Waals surface area contributed by atoms with Crippen LogP contribution >= 0.6 is 0 Å². The van der Waals surface area contributed by atoms with E-state index in [1.54, 1.807) is 0 Å². The van der Waals surface area contributed by atoms with Crippen LogP contribution in [0, 0.1) is 11.3 Å². The predicted octanol–water partition coefficient (Wildman–Crippen LogP) is 1.43. The molecule has 2 heterocycles. The van der Waals surface area contributed by atoms with Crippen LogP contribution in [-0.2, 0) is 0 Å². The molecule has 0 aromatic carbocycles. The summed E-state index contributed by atoms with van der Waals surface area (Å²) in [7, 11) is 0. The molecule has 0 aromatic rings. The molecule has 1 saturated heterocycles. The Morgan fingerprint density at radius 2 is 2.55 bits per heavy atom. The smallest absolute Gasteiger partial charge is 0.117 e. The number of nitriles is 1. The second kappa shape index (κ2) is 2.43. The summed E-state index contributed by atoms with van der Waals surface area (Å²) in [5.74, 6) is 0. The molecule has 0 bridgehead atoms. The van der Waals surface area contributed by atoms with E-state index in [1.807, 2.05) is 0 Å². The molecule has 11 heavy (non-hydrogen) atoms. The van der Waals surface area contributed by atoms with Crippen molar-refractivity contribution in [2.45, 2.75) is 18.9 Å². The van der Waals surface area contributed by atoms with Gasteiger partial charge in [-0.05, 0) is 18.9 Å². The van der Waals surface area contributed by atoms with Crippen molar-refractivity contribution in [1.82, 2.24) is 4.90 Å². The Balaban J connectivity index is 2.23. The zero-order valence-electron chi connectivity index (χ0n) is 6.33. The van der Waals surface area contributed by atoms with Crippen LogP contribution in [0.15, 0.2) is 23.9 Å². The lowest BCUT2D eigenvalue weighted by Gasteiger charge is -2.23. The summed E-state index contributed by atoms with van der Waals surface area (Å²) >= 11 is 0. The number of hydrogen-bond acceptors (Lipinski definition) is 2. The van der Waals surface area contributed by atoms with E-state index < -0.39 is 0 Å². The molecule has 0 radical (unpaired) electrons. The van der Waals surface area contributed by atoms with Crippen LogP contribution in [0.4, 0.5) is 0 Å². The van der Waals surface area contributed by atoms with Gasteiger partial charge in [0.1, 0.15) is 6.04 Å². The summed E-state index contributed by atoms with van der Waals surface area (Å²) in [6.07, 6.45) is 8.36. The average molecular weight is 146 g/mol. The van der Waals surface area contributed by atoms with E-state index in [4.69, 9.17) is 5.26 Å². The molecular formula is C9H10N2. The summed E-state index contributed by atoms with van der Waals surface area (Å²) < 4.78 is 0. The Hall–Kier alpha value is -1.23. The van der Waals surface area contributed by atoms with Crippen molar-refractivity contribution in [3.8, 4) is 6.07 Å². The molecule has 1 atom stereocenters. The van der Waals surface area contributed by atoms with Crippen LogP contribution in [0.1, 0.15) is 12.8 Å². The predicted molar refractivity (Wildman–Crippen MR) is 42.6 cm³/mol. The van der Waals surface area contributed by atoms with E-state index in [2.05, 4.69) is 29.2 Å². The van der Waals surface area contributed by atoms with Crippen molar-refractivity contribution >= 4 is 0 Å². The second-order valence-electron chi connectivity index (χ2n) is 2.92. The molecule has 1 fully saturated rings. The first kappa shape index (κ1) is 6.48. The SMILES string of the molecule is N#CC1CCC2=CC=CCN21. The van der Waals surface area contributed by atoms with Crippen LogP contribution < -0.4 is 0 Å². The molecule has 2 heteroatoms. The maximum Gasteiger partial charge on any atom is 0.117 e. The molecule has 0 aromatic heterocycles. The van der Waals surface area contributed by atoms with E-state index in [0.29, 0.717) is 0 Å². The lowest BCUT2D eigenvalue weighted by Crippen LogP contribution is -2.28. The van der Waals surface area contributed by atoms with Crippen molar-refractivity contribution in [3.63, 3.8) is 0 Å². The summed E-state index contributed by atoms with van der Waals surface area (Å²) in [5, 5.41) is 8.76. The first-order chi connectivity index (χ1) is 5.42. The molecule has 1 unspecified atom stereocenters.